The number of ether oxygens (including phenoxy) is 2. The summed E-state index contributed by atoms with van der Waals surface area (Å²) in [4.78, 5) is 25.9. The monoisotopic (exact) mass is 394 g/mol. The largest absolute Gasteiger partial charge is 0.494 e. The van der Waals surface area contributed by atoms with E-state index >= 15 is 0 Å². The fourth-order valence-electron chi connectivity index (χ4n) is 2.62. The molecule has 1 aromatic heterocycles. The Morgan fingerprint density at radius 2 is 1.72 bits per heavy atom. The number of carbonyl (C=O) groups excluding carboxylic acids is 2. The molecule has 150 valence electrons. The van der Waals surface area contributed by atoms with Crippen LogP contribution in [0.5, 0.6) is 17.2 Å². The zero-order chi connectivity index (χ0) is 20.6. The van der Waals surface area contributed by atoms with Crippen LogP contribution in [0.3, 0.4) is 0 Å². The lowest BCUT2D eigenvalue weighted by Crippen LogP contribution is -2.34. The zero-order valence-corrected chi connectivity index (χ0v) is 16.3. The quantitative estimate of drug-likeness (QED) is 0.620. The Labute approximate surface area is 168 Å². The molecule has 3 aromatic rings. The minimum atomic E-state index is -0.371. The molecule has 0 saturated carbocycles. The summed E-state index contributed by atoms with van der Waals surface area (Å²) < 4.78 is 16.4. The Hall–Kier alpha value is -3.74. The molecule has 0 aliphatic heterocycles. The highest BCUT2D eigenvalue weighted by Crippen LogP contribution is 2.30. The molecule has 1 heterocycles. The number of likely N-dealkylation sites (N-methyl/N-ethyl adjacent to an activating group) is 1. The molecule has 0 aliphatic carbocycles. The molecule has 0 unspecified atom stereocenters. The maximum atomic E-state index is 12.4. The highest BCUT2D eigenvalue weighted by molar-refractivity contribution is 5.98. The van der Waals surface area contributed by atoms with Gasteiger partial charge in [-0.2, -0.15) is 0 Å². The van der Waals surface area contributed by atoms with Crippen LogP contribution >= 0.6 is 0 Å². The lowest BCUT2D eigenvalue weighted by molar-refractivity contribution is -0.116. The molecule has 3 rings (SSSR count). The van der Waals surface area contributed by atoms with Crippen LogP contribution in [-0.4, -0.2) is 36.9 Å². The van der Waals surface area contributed by atoms with Crippen LogP contribution in [0.2, 0.25) is 0 Å². The number of nitrogens with one attached hydrogen (secondary N) is 1. The number of benzene rings is 2. The zero-order valence-electron chi connectivity index (χ0n) is 16.3. The summed E-state index contributed by atoms with van der Waals surface area (Å²) in [5, 5.41) is 2.78. The van der Waals surface area contributed by atoms with Gasteiger partial charge in [-0.05, 0) is 55.5 Å². The number of furan rings is 1. The number of rotatable bonds is 8. The van der Waals surface area contributed by atoms with Gasteiger partial charge in [-0.25, -0.2) is 0 Å². The molecule has 29 heavy (non-hydrogen) atoms. The Morgan fingerprint density at radius 1 is 1.00 bits per heavy atom. The fraction of sp³-hybridized carbons (Fsp3) is 0.182. The van der Waals surface area contributed by atoms with E-state index < -0.39 is 0 Å². The third kappa shape index (κ3) is 5.38. The van der Waals surface area contributed by atoms with E-state index in [0.717, 1.165) is 5.75 Å². The van der Waals surface area contributed by atoms with E-state index in [9.17, 15) is 9.59 Å². The predicted octanol–water partition coefficient (Wildman–Crippen LogP) is 4.18. The van der Waals surface area contributed by atoms with Crippen LogP contribution in [-0.2, 0) is 4.79 Å². The molecule has 0 spiro atoms. The molecule has 7 nitrogen and oxygen atoms in total. The molecule has 0 atom stereocenters. The molecule has 2 aromatic carbocycles. The van der Waals surface area contributed by atoms with Crippen molar-refractivity contribution in [1.82, 2.24) is 4.90 Å². The molecular formula is C22H22N2O5. The average Bonchev–Trinajstić information content (AvgIpc) is 3.25. The maximum absolute atomic E-state index is 12.4. The van der Waals surface area contributed by atoms with Crippen LogP contribution in [0.25, 0.3) is 0 Å². The number of hydrogen-bond donors (Lipinski definition) is 1. The first kappa shape index (κ1) is 20.0. The molecule has 1 N–H and O–H groups in total. The van der Waals surface area contributed by atoms with Gasteiger partial charge in [-0.15, -0.1) is 0 Å². The molecule has 0 bridgehead atoms. The Kier molecular flexibility index (Phi) is 6.52. The van der Waals surface area contributed by atoms with Crippen LogP contribution in [0, 0.1) is 0 Å². The minimum Gasteiger partial charge on any atom is -0.494 e. The fourth-order valence-corrected chi connectivity index (χ4v) is 2.62. The van der Waals surface area contributed by atoms with E-state index in [2.05, 4.69) is 5.32 Å². The second-order valence-electron chi connectivity index (χ2n) is 6.19. The first-order valence-corrected chi connectivity index (χ1v) is 9.15. The third-order valence-electron chi connectivity index (χ3n) is 3.98. The molecule has 0 saturated heterocycles. The summed E-state index contributed by atoms with van der Waals surface area (Å²) >= 11 is 0. The molecule has 0 radical (unpaired) electrons. The second-order valence-corrected chi connectivity index (χ2v) is 6.19. The predicted molar refractivity (Wildman–Crippen MR) is 108 cm³/mol. The van der Waals surface area contributed by atoms with Crippen molar-refractivity contribution < 1.29 is 23.5 Å². The van der Waals surface area contributed by atoms with Crippen LogP contribution in [0.4, 0.5) is 5.69 Å². The van der Waals surface area contributed by atoms with E-state index in [-0.39, 0.29) is 24.1 Å². The summed E-state index contributed by atoms with van der Waals surface area (Å²) in [7, 11) is 1.53. The normalized spacial score (nSPS) is 10.3. The third-order valence-corrected chi connectivity index (χ3v) is 3.98. The van der Waals surface area contributed by atoms with E-state index in [0.29, 0.717) is 23.8 Å². The molecule has 0 aliphatic rings. The molecule has 2 amide bonds. The lowest BCUT2D eigenvalue weighted by atomic mass is 10.2. The number of para-hydroxylation sites is 2. The number of carbonyl (C=O) groups is 2. The summed E-state index contributed by atoms with van der Waals surface area (Å²) in [6, 6.07) is 17.5. The standard InChI is InChI=1S/C22H22N2O5/c1-3-27-16-10-12-17(13-11-16)29-19-8-5-4-7-18(19)23-21(25)15-24(2)22(26)20-9-6-14-28-20/h4-14H,3,15H2,1-2H3,(H,23,25). The van der Waals surface area contributed by atoms with E-state index in [1.165, 1.54) is 18.2 Å². The topological polar surface area (TPSA) is 81.0 Å². The van der Waals surface area contributed by atoms with E-state index in [1.54, 1.807) is 42.5 Å². The summed E-state index contributed by atoms with van der Waals surface area (Å²) in [5.74, 6) is 1.31. The van der Waals surface area contributed by atoms with Gasteiger partial charge < -0.3 is 24.1 Å². The molecular weight excluding hydrogens is 372 g/mol. The minimum absolute atomic E-state index is 0.128. The molecule has 0 fully saturated rings. The first-order valence-electron chi connectivity index (χ1n) is 9.15. The number of nitrogens with zero attached hydrogens (tertiary/aromatic N) is 1. The van der Waals surface area contributed by atoms with Gasteiger partial charge in [0, 0.05) is 7.05 Å². The van der Waals surface area contributed by atoms with Crippen molar-refractivity contribution in [2.45, 2.75) is 6.92 Å². The van der Waals surface area contributed by atoms with Crippen LogP contribution < -0.4 is 14.8 Å². The number of amides is 2. The second kappa shape index (κ2) is 9.45. The van der Waals surface area contributed by atoms with Gasteiger partial charge in [-0.1, -0.05) is 12.1 Å². The van der Waals surface area contributed by atoms with Gasteiger partial charge in [0.1, 0.15) is 11.5 Å². The SMILES string of the molecule is CCOc1ccc(Oc2ccccc2NC(=O)CN(C)C(=O)c2ccco2)cc1. The van der Waals surface area contributed by atoms with E-state index in [4.69, 9.17) is 13.9 Å². The summed E-state index contributed by atoms with van der Waals surface area (Å²) in [6.45, 7) is 2.38. The maximum Gasteiger partial charge on any atom is 0.289 e. The first-order chi connectivity index (χ1) is 14.1. The van der Waals surface area contributed by atoms with Crippen LogP contribution in [0.15, 0.2) is 71.3 Å². The highest BCUT2D eigenvalue weighted by Gasteiger charge is 2.18. The van der Waals surface area contributed by atoms with Crippen molar-refractivity contribution >= 4 is 17.5 Å². The summed E-state index contributed by atoms with van der Waals surface area (Å²) in [5.41, 5.74) is 0.505. The smallest absolute Gasteiger partial charge is 0.289 e. The van der Waals surface area contributed by atoms with Gasteiger partial charge in [0.05, 0.1) is 25.1 Å². The lowest BCUT2D eigenvalue weighted by Gasteiger charge is -2.17. The van der Waals surface area contributed by atoms with Crippen molar-refractivity contribution in [2.75, 3.05) is 25.5 Å². The molecule has 7 heteroatoms. The highest BCUT2D eigenvalue weighted by atomic mass is 16.5. The Bertz CT molecular complexity index is 952. The van der Waals surface area contributed by atoms with Gasteiger partial charge in [0.25, 0.3) is 5.91 Å². The van der Waals surface area contributed by atoms with E-state index in [1.807, 2.05) is 25.1 Å². The van der Waals surface area contributed by atoms with Crippen molar-refractivity contribution in [3.05, 3.63) is 72.7 Å². The number of anilines is 1. The Morgan fingerprint density at radius 3 is 2.41 bits per heavy atom. The van der Waals surface area contributed by atoms with Crippen molar-refractivity contribution in [3.8, 4) is 17.2 Å². The average molecular weight is 394 g/mol. The Balaban J connectivity index is 1.63. The summed E-state index contributed by atoms with van der Waals surface area (Å²) in [6.07, 6.45) is 1.41. The van der Waals surface area contributed by atoms with Crippen molar-refractivity contribution in [3.63, 3.8) is 0 Å². The van der Waals surface area contributed by atoms with Crippen molar-refractivity contribution in [1.29, 1.82) is 0 Å². The van der Waals surface area contributed by atoms with Gasteiger partial charge in [0.15, 0.2) is 11.5 Å². The van der Waals surface area contributed by atoms with Crippen LogP contribution in [0.1, 0.15) is 17.5 Å². The van der Waals surface area contributed by atoms with Crippen molar-refractivity contribution in [2.24, 2.45) is 0 Å². The van der Waals surface area contributed by atoms with Gasteiger partial charge in [0.2, 0.25) is 5.91 Å². The van der Waals surface area contributed by atoms with Gasteiger partial charge in [-0.3, -0.25) is 9.59 Å². The number of hydrogen-bond acceptors (Lipinski definition) is 5. The van der Waals surface area contributed by atoms with Gasteiger partial charge >= 0.3 is 0 Å².